The van der Waals surface area contributed by atoms with E-state index in [1.807, 2.05) is 56.3 Å². The normalized spacial score (nSPS) is 15.0. The van der Waals surface area contributed by atoms with Gasteiger partial charge in [-0.15, -0.1) is 11.8 Å². The number of fused-ring (bicyclic) bond motifs is 1. The van der Waals surface area contributed by atoms with Crippen LogP contribution < -0.4 is 14.8 Å². The first-order valence-corrected chi connectivity index (χ1v) is 10.0. The van der Waals surface area contributed by atoms with Crippen molar-refractivity contribution in [1.82, 2.24) is 5.32 Å². The first kappa shape index (κ1) is 20.1. The fraction of sp³-hybridized carbons (Fsp3) is 0.333. The number of carbonyl (C=O) groups excluding carboxylic acids is 2. The summed E-state index contributed by atoms with van der Waals surface area (Å²) in [5.74, 6) is 0.714. The summed E-state index contributed by atoms with van der Waals surface area (Å²) >= 11 is 1.39. The van der Waals surface area contributed by atoms with Crippen molar-refractivity contribution in [2.24, 2.45) is 0 Å². The van der Waals surface area contributed by atoms with E-state index < -0.39 is 5.97 Å². The van der Waals surface area contributed by atoms with E-state index >= 15 is 0 Å². The minimum atomic E-state index is -0.426. The molecule has 0 spiro atoms. The molecule has 3 rings (SSSR count). The van der Waals surface area contributed by atoms with Gasteiger partial charge in [-0.05, 0) is 49.2 Å². The molecule has 0 aliphatic carbocycles. The molecule has 6 nitrogen and oxygen atoms in total. The average molecular weight is 401 g/mol. The number of aryl methyl sites for hydroxylation is 2. The molecule has 2 aromatic rings. The average Bonchev–Trinajstić information content (AvgIpc) is 2.71. The minimum Gasteiger partial charge on any atom is -0.486 e. The number of thioether (sulfide) groups is 1. The molecule has 1 aliphatic heterocycles. The van der Waals surface area contributed by atoms with Crippen LogP contribution in [0.1, 0.15) is 11.1 Å². The molecule has 1 amide bonds. The van der Waals surface area contributed by atoms with Gasteiger partial charge in [-0.3, -0.25) is 9.59 Å². The van der Waals surface area contributed by atoms with Crippen LogP contribution in [0, 0.1) is 13.8 Å². The zero-order valence-electron chi connectivity index (χ0n) is 15.9. The molecule has 148 valence electrons. The van der Waals surface area contributed by atoms with E-state index in [0.29, 0.717) is 18.1 Å². The fourth-order valence-electron chi connectivity index (χ4n) is 2.58. The van der Waals surface area contributed by atoms with Crippen LogP contribution in [0.15, 0.2) is 47.4 Å². The van der Waals surface area contributed by atoms with E-state index in [4.69, 9.17) is 14.2 Å². The molecule has 1 atom stereocenters. The number of nitrogens with one attached hydrogen (secondary N) is 1. The highest BCUT2D eigenvalue weighted by Crippen LogP contribution is 2.30. The number of hydrogen-bond donors (Lipinski definition) is 1. The van der Waals surface area contributed by atoms with E-state index in [9.17, 15) is 9.59 Å². The third kappa shape index (κ3) is 5.66. The quantitative estimate of drug-likeness (QED) is 0.568. The van der Waals surface area contributed by atoms with Gasteiger partial charge in [0.25, 0.3) is 5.91 Å². The molecular weight excluding hydrogens is 378 g/mol. The summed E-state index contributed by atoms with van der Waals surface area (Å²) in [6.07, 6.45) is -0.283. The van der Waals surface area contributed by atoms with E-state index in [0.717, 1.165) is 4.90 Å². The third-order valence-electron chi connectivity index (χ3n) is 4.29. The molecule has 1 aliphatic rings. The van der Waals surface area contributed by atoms with Crippen LogP contribution in [0.2, 0.25) is 0 Å². The van der Waals surface area contributed by atoms with Crippen molar-refractivity contribution in [1.29, 1.82) is 0 Å². The Morgan fingerprint density at radius 3 is 2.71 bits per heavy atom. The van der Waals surface area contributed by atoms with Gasteiger partial charge < -0.3 is 19.5 Å². The van der Waals surface area contributed by atoms with Crippen molar-refractivity contribution in [3.63, 3.8) is 0 Å². The molecule has 2 aromatic carbocycles. The maximum absolute atomic E-state index is 11.9. The molecule has 1 heterocycles. The summed E-state index contributed by atoms with van der Waals surface area (Å²) in [6.45, 7) is 4.39. The Kier molecular flexibility index (Phi) is 6.81. The Balaban J connectivity index is 1.34. The summed E-state index contributed by atoms with van der Waals surface area (Å²) in [6, 6.07) is 13.4. The fourth-order valence-corrected chi connectivity index (χ4v) is 3.37. The Bertz CT molecular complexity index is 854. The van der Waals surface area contributed by atoms with Crippen molar-refractivity contribution >= 4 is 23.6 Å². The lowest BCUT2D eigenvalue weighted by atomic mass is 10.1. The molecule has 0 fully saturated rings. The summed E-state index contributed by atoms with van der Waals surface area (Å²) in [7, 11) is 0. The Morgan fingerprint density at radius 2 is 1.93 bits per heavy atom. The van der Waals surface area contributed by atoms with Gasteiger partial charge in [0.15, 0.2) is 18.1 Å². The predicted molar refractivity (Wildman–Crippen MR) is 107 cm³/mol. The predicted octanol–water partition coefficient (Wildman–Crippen LogP) is 2.89. The van der Waals surface area contributed by atoms with E-state index in [-0.39, 0.29) is 30.9 Å². The van der Waals surface area contributed by atoms with E-state index in [1.165, 1.54) is 22.9 Å². The van der Waals surface area contributed by atoms with Crippen molar-refractivity contribution in [2.75, 3.05) is 25.5 Å². The number of carbonyl (C=O) groups is 2. The highest BCUT2D eigenvalue weighted by Gasteiger charge is 2.21. The van der Waals surface area contributed by atoms with E-state index in [1.54, 1.807) is 0 Å². The summed E-state index contributed by atoms with van der Waals surface area (Å²) in [4.78, 5) is 24.7. The maximum atomic E-state index is 11.9. The van der Waals surface area contributed by atoms with Gasteiger partial charge in [-0.2, -0.15) is 0 Å². The van der Waals surface area contributed by atoms with Gasteiger partial charge in [0, 0.05) is 4.90 Å². The molecule has 0 unspecified atom stereocenters. The second kappa shape index (κ2) is 9.50. The van der Waals surface area contributed by atoms with Gasteiger partial charge >= 0.3 is 5.97 Å². The summed E-state index contributed by atoms with van der Waals surface area (Å²) in [5, 5.41) is 2.70. The Morgan fingerprint density at radius 1 is 1.14 bits per heavy atom. The number of amides is 1. The van der Waals surface area contributed by atoms with Crippen molar-refractivity contribution in [2.45, 2.75) is 24.8 Å². The summed E-state index contributed by atoms with van der Waals surface area (Å²) in [5.41, 5.74) is 2.38. The first-order valence-electron chi connectivity index (χ1n) is 9.02. The minimum absolute atomic E-state index is 0.159. The number of benzene rings is 2. The Labute approximate surface area is 168 Å². The van der Waals surface area contributed by atoms with Gasteiger partial charge in [0.05, 0.1) is 12.3 Å². The van der Waals surface area contributed by atoms with Crippen LogP contribution in [0.5, 0.6) is 11.5 Å². The molecule has 1 N–H and O–H groups in total. The van der Waals surface area contributed by atoms with Gasteiger partial charge in [0.1, 0.15) is 12.7 Å². The molecule has 28 heavy (non-hydrogen) atoms. The lowest BCUT2D eigenvalue weighted by Crippen LogP contribution is -2.42. The second-order valence-corrected chi connectivity index (χ2v) is 7.55. The molecule has 7 heteroatoms. The number of esters is 1. The van der Waals surface area contributed by atoms with E-state index in [2.05, 4.69) is 5.32 Å². The molecular formula is C21H23NO5S. The van der Waals surface area contributed by atoms with Crippen molar-refractivity contribution in [3.8, 4) is 11.5 Å². The van der Waals surface area contributed by atoms with Crippen LogP contribution in [0.25, 0.3) is 0 Å². The number of para-hydroxylation sites is 2. The maximum Gasteiger partial charge on any atom is 0.316 e. The largest absolute Gasteiger partial charge is 0.486 e. The van der Waals surface area contributed by atoms with Crippen molar-refractivity contribution < 1.29 is 23.8 Å². The van der Waals surface area contributed by atoms with Crippen LogP contribution >= 0.6 is 11.8 Å². The lowest BCUT2D eigenvalue weighted by molar-refractivity contribution is -0.146. The zero-order valence-corrected chi connectivity index (χ0v) is 16.7. The highest BCUT2D eigenvalue weighted by molar-refractivity contribution is 8.00. The number of hydrogen-bond acceptors (Lipinski definition) is 6. The number of rotatable bonds is 7. The van der Waals surface area contributed by atoms with Gasteiger partial charge in [0.2, 0.25) is 0 Å². The monoisotopic (exact) mass is 401 g/mol. The van der Waals surface area contributed by atoms with Crippen LogP contribution in [-0.2, 0) is 14.3 Å². The first-order chi connectivity index (χ1) is 13.5. The zero-order chi connectivity index (χ0) is 19.9. The highest BCUT2D eigenvalue weighted by atomic mass is 32.2. The molecule has 0 saturated heterocycles. The molecule has 0 bridgehead atoms. The van der Waals surface area contributed by atoms with Crippen LogP contribution in [0.4, 0.5) is 0 Å². The van der Waals surface area contributed by atoms with Gasteiger partial charge in [-0.25, -0.2) is 0 Å². The smallest absolute Gasteiger partial charge is 0.316 e. The molecule has 0 aromatic heterocycles. The van der Waals surface area contributed by atoms with Gasteiger partial charge in [-0.1, -0.05) is 18.2 Å². The molecule has 0 radical (unpaired) electrons. The lowest BCUT2D eigenvalue weighted by Gasteiger charge is -2.26. The standard InChI is InChI=1S/C21H23NO5S/c1-14-7-8-17(9-15(14)2)28-13-21(24)26-12-20(23)22-10-16-11-25-18-5-3-4-6-19(18)27-16/h3-9,16H,10-13H2,1-2H3,(H,22,23)/t16-/m1/s1. The third-order valence-corrected chi connectivity index (χ3v) is 5.26. The summed E-state index contributed by atoms with van der Waals surface area (Å²) < 4.78 is 16.4. The van der Waals surface area contributed by atoms with Crippen LogP contribution in [0.3, 0.4) is 0 Å². The topological polar surface area (TPSA) is 73.9 Å². The molecule has 0 saturated carbocycles. The van der Waals surface area contributed by atoms with Crippen molar-refractivity contribution in [3.05, 3.63) is 53.6 Å². The SMILES string of the molecule is Cc1ccc(SCC(=O)OCC(=O)NC[C@@H]2COc3ccccc3O2)cc1C. The second-order valence-electron chi connectivity index (χ2n) is 6.50. The number of ether oxygens (including phenoxy) is 3. The Hall–Kier alpha value is -2.67. The van der Waals surface area contributed by atoms with Crippen LogP contribution in [-0.4, -0.2) is 43.5 Å².